The Morgan fingerprint density at radius 1 is 0.962 bits per heavy atom. The van der Waals surface area contributed by atoms with E-state index in [4.69, 9.17) is 9.47 Å². The molecular formula is C20H20N2O4. The highest BCUT2D eigenvalue weighted by molar-refractivity contribution is 5.88. The van der Waals surface area contributed by atoms with E-state index in [0.29, 0.717) is 0 Å². The number of cyclic esters (lactones) is 1. The molecule has 2 aromatic carbocycles. The molecule has 2 amide bonds. The zero-order valence-corrected chi connectivity index (χ0v) is 14.4. The Morgan fingerprint density at radius 3 is 2.19 bits per heavy atom. The molecule has 1 N–H and O–H groups in total. The average molecular weight is 352 g/mol. The fourth-order valence-corrected chi connectivity index (χ4v) is 3.56. The molecule has 0 radical (unpaired) electrons. The van der Waals surface area contributed by atoms with Gasteiger partial charge < -0.3 is 14.8 Å². The van der Waals surface area contributed by atoms with Crippen LogP contribution >= 0.6 is 0 Å². The van der Waals surface area contributed by atoms with Gasteiger partial charge in [-0.15, -0.1) is 0 Å². The van der Waals surface area contributed by atoms with Crippen molar-refractivity contribution in [1.82, 2.24) is 10.2 Å². The average Bonchev–Trinajstić information content (AvgIpc) is 3.04. The van der Waals surface area contributed by atoms with Crippen molar-refractivity contribution in [3.05, 3.63) is 71.8 Å². The summed E-state index contributed by atoms with van der Waals surface area (Å²) in [7, 11) is 0. The third kappa shape index (κ3) is 2.93. The van der Waals surface area contributed by atoms with Gasteiger partial charge in [0.25, 0.3) is 0 Å². The Bertz CT molecular complexity index is 796. The second-order valence-electron chi connectivity index (χ2n) is 6.50. The van der Waals surface area contributed by atoms with Gasteiger partial charge in [0.05, 0.1) is 12.1 Å². The van der Waals surface area contributed by atoms with Crippen molar-refractivity contribution >= 4 is 12.0 Å². The molecule has 6 nitrogen and oxygen atoms in total. The molecule has 4 rings (SSSR count). The molecule has 0 aliphatic carbocycles. The van der Waals surface area contributed by atoms with Gasteiger partial charge in [0, 0.05) is 5.56 Å². The van der Waals surface area contributed by atoms with Crippen molar-refractivity contribution in [2.24, 2.45) is 0 Å². The molecule has 0 unspecified atom stereocenters. The first-order chi connectivity index (χ1) is 12.6. The predicted octanol–water partition coefficient (Wildman–Crippen LogP) is 2.78. The monoisotopic (exact) mass is 352 g/mol. The Morgan fingerprint density at radius 2 is 1.58 bits per heavy atom. The molecule has 2 aromatic rings. The number of hydrogen-bond acceptors (Lipinski definition) is 4. The number of carbonyl (C=O) groups excluding carboxylic acids is 2. The fourth-order valence-electron chi connectivity index (χ4n) is 3.56. The molecule has 2 fully saturated rings. The van der Waals surface area contributed by atoms with E-state index in [2.05, 4.69) is 5.32 Å². The van der Waals surface area contributed by atoms with E-state index in [-0.39, 0.29) is 18.6 Å². The molecular weight excluding hydrogens is 332 g/mol. The molecule has 2 aliphatic rings. The Balaban J connectivity index is 1.59. The van der Waals surface area contributed by atoms with Crippen molar-refractivity contribution in [2.75, 3.05) is 6.61 Å². The predicted molar refractivity (Wildman–Crippen MR) is 94.0 cm³/mol. The van der Waals surface area contributed by atoms with E-state index in [1.165, 1.54) is 4.90 Å². The number of hydrogen-bond donors (Lipinski definition) is 1. The first-order valence-electron chi connectivity index (χ1n) is 8.66. The summed E-state index contributed by atoms with van der Waals surface area (Å²) in [6, 6.07) is 18.0. The number of carbonyl (C=O) groups is 2. The summed E-state index contributed by atoms with van der Waals surface area (Å²) in [6.45, 7) is 2.04. The van der Waals surface area contributed by atoms with Gasteiger partial charge in [0.15, 0.2) is 6.23 Å². The molecule has 0 spiro atoms. The van der Waals surface area contributed by atoms with E-state index >= 15 is 0 Å². The first-order valence-corrected chi connectivity index (χ1v) is 8.66. The van der Waals surface area contributed by atoms with Crippen LogP contribution in [0.5, 0.6) is 0 Å². The first kappa shape index (κ1) is 16.6. The van der Waals surface area contributed by atoms with Gasteiger partial charge >= 0.3 is 6.09 Å². The second kappa shape index (κ2) is 6.80. The molecule has 4 atom stereocenters. The highest BCUT2D eigenvalue weighted by Gasteiger charge is 2.48. The maximum atomic E-state index is 12.9. The van der Waals surface area contributed by atoms with Crippen LogP contribution in [0.2, 0.25) is 0 Å². The maximum Gasteiger partial charge on any atom is 0.411 e. The van der Waals surface area contributed by atoms with Crippen molar-refractivity contribution in [2.45, 2.75) is 31.3 Å². The summed E-state index contributed by atoms with van der Waals surface area (Å²) in [4.78, 5) is 26.7. The Kier molecular flexibility index (Phi) is 4.34. The molecule has 0 bridgehead atoms. The van der Waals surface area contributed by atoms with E-state index in [1.807, 2.05) is 67.6 Å². The SMILES string of the molecule is C[C@@H]1O[C@@H](c2ccccc2)NC(=O)[C@@H]1N1C(=O)OC[C@@H]1c1ccccc1. The summed E-state index contributed by atoms with van der Waals surface area (Å²) < 4.78 is 11.3. The van der Waals surface area contributed by atoms with Crippen LogP contribution in [0.3, 0.4) is 0 Å². The number of nitrogens with zero attached hydrogens (tertiary/aromatic N) is 1. The number of rotatable bonds is 3. The lowest BCUT2D eigenvalue weighted by Crippen LogP contribution is -2.59. The van der Waals surface area contributed by atoms with Crippen molar-refractivity contribution in [3.8, 4) is 0 Å². The highest BCUT2D eigenvalue weighted by Crippen LogP contribution is 2.34. The van der Waals surface area contributed by atoms with Crippen LogP contribution in [0.15, 0.2) is 60.7 Å². The topological polar surface area (TPSA) is 67.9 Å². The molecule has 2 heterocycles. The van der Waals surface area contributed by atoms with Crippen LogP contribution in [0.25, 0.3) is 0 Å². The zero-order valence-electron chi connectivity index (χ0n) is 14.4. The quantitative estimate of drug-likeness (QED) is 0.922. The smallest absolute Gasteiger partial charge is 0.411 e. The molecule has 6 heteroatoms. The van der Waals surface area contributed by atoms with Crippen LogP contribution in [-0.4, -0.2) is 35.7 Å². The van der Waals surface area contributed by atoms with E-state index in [1.54, 1.807) is 0 Å². The largest absolute Gasteiger partial charge is 0.447 e. The van der Waals surface area contributed by atoms with Gasteiger partial charge in [-0.05, 0) is 12.5 Å². The number of ether oxygens (including phenoxy) is 2. The Hall–Kier alpha value is -2.86. The molecule has 2 saturated heterocycles. The summed E-state index contributed by atoms with van der Waals surface area (Å²) >= 11 is 0. The molecule has 0 aromatic heterocycles. The van der Waals surface area contributed by atoms with Crippen LogP contribution in [-0.2, 0) is 14.3 Å². The summed E-state index contributed by atoms with van der Waals surface area (Å²) in [5.74, 6) is -0.239. The van der Waals surface area contributed by atoms with Crippen LogP contribution < -0.4 is 5.32 Å². The number of benzene rings is 2. The normalized spacial score (nSPS) is 28.6. The lowest BCUT2D eigenvalue weighted by molar-refractivity contribution is -0.154. The van der Waals surface area contributed by atoms with Gasteiger partial charge in [0.1, 0.15) is 12.6 Å². The molecule has 0 saturated carbocycles. The molecule has 2 aliphatic heterocycles. The summed E-state index contributed by atoms with van der Waals surface area (Å²) in [5, 5.41) is 2.87. The number of nitrogens with one attached hydrogen (secondary N) is 1. The van der Waals surface area contributed by atoms with Crippen LogP contribution in [0.1, 0.15) is 30.3 Å². The second-order valence-corrected chi connectivity index (χ2v) is 6.50. The minimum absolute atomic E-state index is 0.224. The third-order valence-electron chi connectivity index (χ3n) is 4.83. The van der Waals surface area contributed by atoms with Gasteiger partial charge in [-0.25, -0.2) is 4.79 Å². The lowest BCUT2D eigenvalue weighted by Gasteiger charge is -2.40. The maximum absolute atomic E-state index is 12.9. The minimum Gasteiger partial charge on any atom is -0.447 e. The molecule has 26 heavy (non-hydrogen) atoms. The fraction of sp³-hybridized carbons (Fsp3) is 0.300. The minimum atomic E-state index is -0.741. The van der Waals surface area contributed by atoms with Gasteiger partial charge in [-0.1, -0.05) is 60.7 Å². The molecule has 134 valence electrons. The van der Waals surface area contributed by atoms with E-state index < -0.39 is 24.5 Å². The van der Waals surface area contributed by atoms with Crippen molar-refractivity contribution in [1.29, 1.82) is 0 Å². The van der Waals surface area contributed by atoms with Gasteiger partial charge in [-0.2, -0.15) is 0 Å². The van der Waals surface area contributed by atoms with Gasteiger partial charge in [0.2, 0.25) is 5.91 Å². The third-order valence-corrected chi connectivity index (χ3v) is 4.83. The summed E-state index contributed by atoms with van der Waals surface area (Å²) in [5.41, 5.74) is 1.80. The Labute approximate surface area is 151 Å². The van der Waals surface area contributed by atoms with Crippen LogP contribution in [0, 0.1) is 0 Å². The van der Waals surface area contributed by atoms with Crippen LogP contribution in [0.4, 0.5) is 4.79 Å². The zero-order chi connectivity index (χ0) is 18.1. The van der Waals surface area contributed by atoms with E-state index in [0.717, 1.165) is 11.1 Å². The number of amides is 2. The lowest BCUT2D eigenvalue weighted by atomic mass is 10.0. The van der Waals surface area contributed by atoms with Crippen molar-refractivity contribution < 1.29 is 19.1 Å². The van der Waals surface area contributed by atoms with Gasteiger partial charge in [-0.3, -0.25) is 9.69 Å². The standard InChI is InChI=1S/C20H20N2O4/c1-13-17(18(23)21-19(26-13)15-10-6-3-7-11-15)22-16(12-25-20(22)24)14-8-4-2-5-9-14/h2-11,13,16-17,19H,12H2,1H3,(H,21,23)/t13-,16+,17+,19-/m0/s1. The highest BCUT2D eigenvalue weighted by atomic mass is 16.6. The summed E-state index contributed by atoms with van der Waals surface area (Å²) in [6.07, 6.45) is -1.48. The van der Waals surface area contributed by atoms with E-state index in [9.17, 15) is 9.59 Å². The van der Waals surface area contributed by atoms with Crippen molar-refractivity contribution in [3.63, 3.8) is 0 Å².